The van der Waals surface area contributed by atoms with Crippen molar-refractivity contribution in [3.8, 4) is 11.5 Å². The highest BCUT2D eigenvalue weighted by Crippen LogP contribution is 2.26. The molecule has 1 heterocycles. The normalized spacial score (nSPS) is 10.3. The third-order valence-corrected chi connectivity index (χ3v) is 2.55. The summed E-state index contributed by atoms with van der Waals surface area (Å²) in [6.45, 7) is 1.48. The van der Waals surface area contributed by atoms with Crippen molar-refractivity contribution >= 4 is 17.4 Å². The molecule has 2 rings (SSSR count). The van der Waals surface area contributed by atoms with Crippen LogP contribution in [0.4, 0.5) is 0 Å². The van der Waals surface area contributed by atoms with Gasteiger partial charge in [0.2, 0.25) is 0 Å². The van der Waals surface area contributed by atoms with Crippen LogP contribution in [0.25, 0.3) is 0 Å². The van der Waals surface area contributed by atoms with Gasteiger partial charge in [0.15, 0.2) is 11.5 Å². The topological polar surface area (TPSA) is 44.1 Å². The molecule has 0 bridgehead atoms. The zero-order chi connectivity index (χ0) is 12.4. The van der Waals surface area contributed by atoms with E-state index >= 15 is 0 Å². The Morgan fingerprint density at radius 2 is 2.18 bits per heavy atom. The second kappa shape index (κ2) is 4.59. The summed E-state index contributed by atoms with van der Waals surface area (Å²) in [4.78, 5) is 11.2. The maximum absolute atomic E-state index is 11.2. The van der Waals surface area contributed by atoms with Gasteiger partial charge < -0.3 is 4.74 Å². The SMILES string of the molecule is CC(=O)c1ccc(Oc2cnn(C)c2)cc1Cl. The Morgan fingerprint density at radius 3 is 2.71 bits per heavy atom. The Balaban J connectivity index is 2.23. The van der Waals surface area contributed by atoms with Crippen molar-refractivity contribution in [2.24, 2.45) is 7.05 Å². The van der Waals surface area contributed by atoms with E-state index in [1.54, 1.807) is 42.3 Å². The third kappa shape index (κ3) is 2.65. The lowest BCUT2D eigenvalue weighted by atomic mass is 10.1. The van der Waals surface area contributed by atoms with Crippen LogP contribution in [0.3, 0.4) is 0 Å². The number of carbonyl (C=O) groups is 1. The van der Waals surface area contributed by atoms with Crippen LogP contribution in [0.5, 0.6) is 11.5 Å². The number of carbonyl (C=O) groups excluding carboxylic acids is 1. The smallest absolute Gasteiger partial charge is 0.165 e. The predicted octanol–water partition coefficient (Wildman–Crippen LogP) is 3.07. The lowest BCUT2D eigenvalue weighted by Gasteiger charge is -2.05. The summed E-state index contributed by atoms with van der Waals surface area (Å²) in [5, 5.41) is 4.37. The summed E-state index contributed by atoms with van der Waals surface area (Å²) in [5.41, 5.74) is 0.491. The molecule has 5 heteroatoms. The number of hydrogen-bond donors (Lipinski definition) is 0. The first-order chi connectivity index (χ1) is 8.06. The molecule has 1 aromatic carbocycles. The highest BCUT2D eigenvalue weighted by Gasteiger charge is 2.07. The average molecular weight is 251 g/mol. The minimum Gasteiger partial charge on any atom is -0.454 e. The van der Waals surface area contributed by atoms with E-state index in [-0.39, 0.29) is 5.78 Å². The highest BCUT2D eigenvalue weighted by atomic mass is 35.5. The van der Waals surface area contributed by atoms with Crippen LogP contribution in [0.15, 0.2) is 30.6 Å². The number of rotatable bonds is 3. The number of aromatic nitrogens is 2. The van der Waals surface area contributed by atoms with Crippen molar-refractivity contribution in [1.82, 2.24) is 9.78 Å². The summed E-state index contributed by atoms with van der Waals surface area (Å²) >= 11 is 5.97. The zero-order valence-electron chi connectivity index (χ0n) is 9.48. The van der Waals surface area contributed by atoms with Crippen LogP contribution in [0.2, 0.25) is 5.02 Å². The van der Waals surface area contributed by atoms with E-state index in [0.717, 1.165) is 0 Å². The Kier molecular flexibility index (Phi) is 3.15. The molecule has 0 saturated heterocycles. The van der Waals surface area contributed by atoms with E-state index < -0.39 is 0 Å². The van der Waals surface area contributed by atoms with Crippen molar-refractivity contribution < 1.29 is 9.53 Å². The minimum absolute atomic E-state index is 0.0667. The molecule has 0 atom stereocenters. The molecule has 0 amide bonds. The molecule has 0 aliphatic carbocycles. The molecular weight excluding hydrogens is 240 g/mol. The predicted molar refractivity (Wildman–Crippen MR) is 64.7 cm³/mol. The fourth-order valence-electron chi connectivity index (χ4n) is 1.43. The van der Waals surface area contributed by atoms with E-state index in [2.05, 4.69) is 5.10 Å². The number of ether oxygens (including phenoxy) is 1. The second-order valence-electron chi connectivity index (χ2n) is 3.65. The van der Waals surface area contributed by atoms with Gasteiger partial charge in [-0.2, -0.15) is 5.10 Å². The minimum atomic E-state index is -0.0667. The largest absolute Gasteiger partial charge is 0.454 e. The number of ketones is 1. The van der Waals surface area contributed by atoms with Gasteiger partial charge in [-0.3, -0.25) is 9.48 Å². The Labute approximate surface area is 104 Å². The van der Waals surface area contributed by atoms with Gasteiger partial charge in [-0.15, -0.1) is 0 Å². The maximum Gasteiger partial charge on any atom is 0.165 e. The summed E-state index contributed by atoms with van der Waals surface area (Å²) in [6, 6.07) is 4.97. The monoisotopic (exact) mass is 250 g/mol. The molecule has 17 heavy (non-hydrogen) atoms. The molecule has 0 fully saturated rings. The molecule has 88 valence electrons. The molecule has 0 unspecified atom stereocenters. The average Bonchev–Trinajstić information content (AvgIpc) is 2.63. The van der Waals surface area contributed by atoms with Gasteiger partial charge in [-0.25, -0.2) is 0 Å². The van der Waals surface area contributed by atoms with Crippen LogP contribution in [0, 0.1) is 0 Å². The molecule has 0 aliphatic heterocycles. The fraction of sp³-hybridized carbons (Fsp3) is 0.167. The van der Waals surface area contributed by atoms with Crippen molar-refractivity contribution in [1.29, 1.82) is 0 Å². The van der Waals surface area contributed by atoms with Crippen molar-refractivity contribution in [3.05, 3.63) is 41.2 Å². The summed E-state index contributed by atoms with van der Waals surface area (Å²) in [5.74, 6) is 1.13. The maximum atomic E-state index is 11.2. The number of nitrogens with zero attached hydrogens (tertiary/aromatic N) is 2. The first kappa shape index (κ1) is 11.7. The molecule has 0 aliphatic rings. The van der Waals surface area contributed by atoms with Crippen LogP contribution in [-0.2, 0) is 7.05 Å². The molecule has 0 spiro atoms. The van der Waals surface area contributed by atoms with E-state index in [4.69, 9.17) is 16.3 Å². The highest BCUT2D eigenvalue weighted by molar-refractivity contribution is 6.34. The van der Waals surface area contributed by atoms with Crippen LogP contribution < -0.4 is 4.74 Å². The van der Waals surface area contributed by atoms with Crippen LogP contribution >= 0.6 is 11.6 Å². The van der Waals surface area contributed by atoms with Gasteiger partial charge in [0.05, 0.1) is 17.4 Å². The summed E-state index contributed by atoms with van der Waals surface area (Å²) < 4.78 is 7.18. The standard InChI is InChI=1S/C12H11ClN2O2/c1-8(16)11-4-3-9(5-12(11)13)17-10-6-14-15(2)7-10/h3-7H,1-2H3. The van der Waals surface area contributed by atoms with Crippen molar-refractivity contribution in [2.75, 3.05) is 0 Å². The molecule has 1 aromatic heterocycles. The molecule has 0 N–H and O–H groups in total. The molecule has 2 aromatic rings. The summed E-state index contributed by atoms with van der Waals surface area (Å²) in [7, 11) is 1.80. The van der Waals surface area contributed by atoms with E-state index in [9.17, 15) is 4.79 Å². The Morgan fingerprint density at radius 1 is 1.41 bits per heavy atom. The van der Waals surface area contributed by atoms with Crippen molar-refractivity contribution in [2.45, 2.75) is 6.92 Å². The lowest BCUT2D eigenvalue weighted by molar-refractivity contribution is 0.101. The number of hydrogen-bond acceptors (Lipinski definition) is 3. The number of Topliss-reactive ketones (excluding diaryl/α,β-unsaturated/α-hetero) is 1. The van der Waals surface area contributed by atoms with Gasteiger partial charge in [0, 0.05) is 18.7 Å². The van der Waals surface area contributed by atoms with Gasteiger partial charge in [-0.1, -0.05) is 11.6 Å². The Bertz CT molecular complexity index is 563. The van der Waals surface area contributed by atoms with E-state index in [1.807, 2.05) is 0 Å². The van der Waals surface area contributed by atoms with E-state index in [1.165, 1.54) is 6.92 Å². The molecule has 0 radical (unpaired) electrons. The third-order valence-electron chi connectivity index (χ3n) is 2.24. The fourth-order valence-corrected chi connectivity index (χ4v) is 1.74. The van der Waals surface area contributed by atoms with Gasteiger partial charge in [0.25, 0.3) is 0 Å². The lowest BCUT2D eigenvalue weighted by Crippen LogP contribution is -1.93. The van der Waals surface area contributed by atoms with Gasteiger partial charge >= 0.3 is 0 Å². The quantitative estimate of drug-likeness (QED) is 0.787. The first-order valence-electron chi connectivity index (χ1n) is 5.03. The second-order valence-corrected chi connectivity index (χ2v) is 4.06. The molecular formula is C12H11ClN2O2. The number of benzene rings is 1. The summed E-state index contributed by atoms with van der Waals surface area (Å²) in [6.07, 6.45) is 3.35. The van der Waals surface area contributed by atoms with Gasteiger partial charge in [0.1, 0.15) is 5.75 Å². The zero-order valence-corrected chi connectivity index (χ0v) is 10.2. The van der Waals surface area contributed by atoms with E-state index in [0.29, 0.717) is 22.1 Å². The first-order valence-corrected chi connectivity index (χ1v) is 5.41. The number of aryl methyl sites for hydroxylation is 1. The van der Waals surface area contributed by atoms with Crippen LogP contribution in [0.1, 0.15) is 17.3 Å². The number of halogens is 1. The Hall–Kier alpha value is -1.81. The van der Waals surface area contributed by atoms with Crippen molar-refractivity contribution in [3.63, 3.8) is 0 Å². The van der Waals surface area contributed by atoms with Crippen LogP contribution in [-0.4, -0.2) is 15.6 Å². The molecule has 0 saturated carbocycles. The molecule has 4 nitrogen and oxygen atoms in total. The van der Waals surface area contributed by atoms with Gasteiger partial charge in [-0.05, 0) is 19.1 Å².